The van der Waals surface area contributed by atoms with Crippen LogP contribution in [0.25, 0.3) is 0 Å². The van der Waals surface area contributed by atoms with Crippen molar-refractivity contribution in [2.75, 3.05) is 10.0 Å². The van der Waals surface area contributed by atoms with Gasteiger partial charge in [-0.25, -0.2) is 17.8 Å². The van der Waals surface area contributed by atoms with E-state index in [1.165, 1.54) is 43.3 Å². The molecule has 1 amide bonds. The number of nitrogens with zero attached hydrogens (tertiary/aromatic N) is 1. The lowest BCUT2D eigenvalue weighted by molar-refractivity contribution is 0.102. The van der Waals surface area contributed by atoms with Crippen molar-refractivity contribution >= 4 is 27.4 Å². The number of aryl methyl sites for hydroxylation is 1. The fraction of sp³-hybridized carbons (Fsp3) is 0.0526. The first-order valence-corrected chi connectivity index (χ1v) is 9.45. The topological polar surface area (TPSA) is 88.2 Å². The second kappa shape index (κ2) is 7.55. The number of rotatable bonds is 5. The summed E-state index contributed by atoms with van der Waals surface area (Å²) in [6.45, 7) is 1.49. The van der Waals surface area contributed by atoms with Crippen molar-refractivity contribution in [3.8, 4) is 0 Å². The predicted octanol–water partition coefficient (Wildman–Crippen LogP) is 3.58. The molecular formula is C19H16FN3O3S. The number of carbonyl (C=O) groups is 1. The molecular weight excluding hydrogens is 369 g/mol. The third-order valence-electron chi connectivity index (χ3n) is 3.75. The van der Waals surface area contributed by atoms with Crippen LogP contribution in [0.2, 0.25) is 0 Å². The van der Waals surface area contributed by atoms with Crippen LogP contribution in [0, 0.1) is 12.7 Å². The molecule has 0 saturated heterocycles. The number of carbonyl (C=O) groups excluding carboxylic acids is 1. The number of benzene rings is 2. The SMILES string of the molecule is Cc1cc(S(=O)(=O)Nc2ccc(C(=O)Nc3ccccn3)cc2)ccc1F. The molecule has 2 N–H and O–H groups in total. The van der Waals surface area contributed by atoms with Gasteiger partial charge in [-0.05, 0) is 67.1 Å². The molecule has 0 aliphatic rings. The molecule has 1 heterocycles. The standard InChI is InChI=1S/C19H16FN3O3S/c1-13-12-16(9-10-17(13)20)27(25,26)23-15-7-5-14(6-8-15)19(24)22-18-4-2-3-11-21-18/h2-12,23H,1H3,(H,21,22,24). The average molecular weight is 385 g/mol. The molecule has 0 fully saturated rings. The van der Waals surface area contributed by atoms with Crippen molar-refractivity contribution in [3.05, 3.63) is 83.8 Å². The summed E-state index contributed by atoms with van der Waals surface area (Å²) in [6, 6.07) is 14.6. The number of aromatic nitrogens is 1. The second-order valence-electron chi connectivity index (χ2n) is 5.76. The summed E-state index contributed by atoms with van der Waals surface area (Å²) in [4.78, 5) is 16.1. The van der Waals surface area contributed by atoms with Gasteiger partial charge in [-0.3, -0.25) is 9.52 Å². The van der Waals surface area contributed by atoms with E-state index >= 15 is 0 Å². The van der Waals surface area contributed by atoms with Gasteiger partial charge < -0.3 is 5.32 Å². The number of anilines is 2. The zero-order valence-corrected chi connectivity index (χ0v) is 15.1. The molecule has 0 aliphatic carbocycles. The minimum absolute atomic E-state index is 0.0432. The van der Waals surface area contributed by atoms with Crippen molar-refractivity contribution in [3.63, 3.8) is 0 Å². The Morgan fingerprint density at radius 2 is 1.78 bits per heavy atom. The van der Waals surface area contributed by atoms with Gasteiger partial charge in [0, 0.05) is 17.4 Å². The quantitative estimate of drug-likeness (QED) is 0.703. The van der Waals surface area contributed by atoms with Crippen LogP contribution in [0.15, 0.2) is 71.8 Å². The summed E-state index contributed by atoms with van der Waals surface area (Å²) in [7, 11) is -3.86. The fourth-order valence-corrected chi connectivity index (χ4v) is 3.46. The first-order valence-electron chi connectivity index (χ1n) is 7.96. The zero-order chi connectivity index (χ0) is 19.4. The smallest absolute Gasteiger partial charge is 0.261 e. The highest BCUT2D eigenvalue weighted by molar-refractivity contribution is 7.92. The van der Waals surface area contributed by atoms with Crippen molar-refractivity contribution in [1.29, 1.82) is 0 Å². The van der Waals surface area contributed by atoms with Crippen LogP contribution in [-0.4, -0.2) is 19.3 Å². The van der Waals surface area contributed by atoms with Gasteiger partial charge in [0.25, 0.3) is 15.9 Å². The van der Waals surface area contributed by atoms with E-state index in [1.54, 1.807) is 24.4 Å². The molecule has 2 aromatic carbocycles. The summed E-state index contributed by atoms with van der Waals surface area (Å²) >= 11 is 0. The van der Waals surface area contributed by atoms with E-state index in [2.05, 4.69) is 15.0 Å². The van der Waals surface area contributed by atoms with Crippen LogP contribution in [0.4, 0.5) is 15.9 Å². The Morgan fingerprint density at radius 1 is 1.04 bits per heavy atom. The molecule has 0 radical (unpaired) electrons. The molecule has 1 aromatic heterocycles. The summed E-state index contributed by atoms with van der Waals surface area (Å²) in [5.41, 5.74) is 0.868. The van der Waals surface area contributed by atoms with Gasteiger partial charge in [-0.15, -0.1) is 0 Å². The number of pyridine rings is 1. The van der Waals surface area contributed by atoms with E-state index in [0.717, 1.165) is 6.07 Å². The molecule has 138 valence electrons. The van der Waals surface area contributed by atoms with Crippen LogP contribution < -0.4 is 10.0 Å². The molecule has 0 aliphatic heterocycles. The number of hydrogen-bond acceptors (Lipinski definition) is 4. The lowest BCUT2D eigenvalue weighted by atomic mass is 10.2. The Kier molecular flexibility index (Phi) is 5.18. The highest BCUT2D eigenvalue weighted by Crippen LogP contribution is 2.19. The third-order valence-corrected chi connectivity index (χ3v) is 5.12. The number of hydrogen-bond donors (Lipinski definition) is 2. The molecule has 8 heteroatoms. The molecule has 3 rings (SSSR count). The van der Waals surface area contributed by atoms with E-state index < -0.39 is 15.8 Å². The highest BCUT2D eigenvalue weighted by atomic mass is 32.2. The molecule has 0 spiro atoms. The summed E-state index contributed by atoms with van der Waals surface area (Å²) in [6.07, 6.45) is 1.56. The maximum Gasteiger partial charge on any atom is 0.261 e. The van der Waals surface area contributed by atoms with Gasteiger partial charge in [0.1, 0.15) is 11.6 Å². The van der Waals surface area contributed by atoms with Crippen LogP contribution in [0.1, 0.15) is 15.9 Å². The van der Waals surface area contributed by atoms with Gasteiger partial charge in [0.2, 0.25) is 0 Å². The average Bonchev–Trinajstić information content (AvgIpc) is 2.65. The van der Waals surface area contributed by atoms with E-state index in [9.17, 15) is 17.6 Å². The lowest BCUT2D eigenvalue weighted by Gasteiger charge is -2.10. The maximum atomic E-state index is 13.3. The predicted molar refractivity (Wildman–Crippen MR) is 101 cm³/mol. The molecule has 27 heavy (non-hydrogen) atoms. The van der Waals surface area contributed by atoms with Crippen molar-refractivity contribution in [1.82, 2.24) is 4.98 Å². The fourth-order valence-electron chi connectivity index (χ4n) is 2.31. The number of nitrogens with one attached hydrogen (secondary N) is 2. The van der Waals surface area contributed by atoms with Crippen molar-refractivity contribution in [2.45, 2.75) is 11.8 Å². The lowest BCUT2D eigenvalue weighted by Crippen LogP contribution is -2.15. The van der Waals surface area contributed by atoms with E-state index in [0.29, 0.717) is 11.4 Å². The van der Waals surface area contributed by atoms with Crippen molar-refractivity contribution in [2.24, 2.45) is 0 Å². The first-order chi connectivity index (χ1) is 12.8. The Labute approximate surface area is 156 Å². The van der Waals surface area contributed by atoms with Gasteiger partial charge >= 0.3 is 0 Å². The summed E-state index contributed by atoms with van der Waals surface area (Å²) in [5, 5.41) is 2.64. The van der Waals surface area contributed by atoms with Crippen LogP contribution in [0.3, 0.4) is 0 Å². The number of amides is 1. The first kappa shape index (κ1) is 18.5. The Bertz CT molecular complexity index is 1070. The third kappa shape index (κ3) is 4.48. The second-order valence-corrected chi connectivity index (χ2v) is 7.45. The largest absolute Gasteiger partial charge is 0.307 e. The Balaban J connectivity index is 1.73. The zero-order valence-electron chi connectivity index (χ0n) is 14.3. The molecule has 0 unspecified atom stereocenters. The van der Waals surface area contributed by atoms with Gasteiger partial charge in [-0.1, -0.05) is 6.07 Å². The van der Waals surface area contributed by atoms with E-state index in [-0.39, 0.29) is 22.1 Å². The monoisotopic (exact) mass is 385 g/mol. The molecule has 6 nitrogen and oxygen atoms in total. The minimum Gasteiger partial charge on any atom is -0.307 e. The van der Waals surface area contributed by atoms with Crippen LogP contribution in [0.5, 0.6) is 0 Å². The van der Waals surface area contributed by atoms with Crippen molar-refractivity contribution < 1.29 is 17.6 Å². The molecule has 0 bridgehead atoms. The summed E-state index contributed by atoms with van der Waals surface area (Å²) < 4.78 is 40.5. The number of halogens is 1. The highest BCUT2D eigenvalue weighted by Gasteiger charge is 2.16. The minimum atomic E-state index is -3.86. The Hall–Kier alpha value is -3.26. The molecule has 0 saturated carbocycles. The molecule has 0 atom stereocenters. The van der Waals surface area contributed by atoms with Crippen LogP contribution in [-0.2, 0) is 10.0 Å². The van der Waals surface area contributed by atoms with E-state index in [1.807, 2.05) is 0 Å². The summed E-state index contributed by atoms with van der Waals surface area (Å²) in [5.74, 6) is -0.423. The van der Waals surface area contributed by atoms with Gasteiger partial charge in [-0.2, -0.15) is 0 Å². The van der Waals surface area contributed by atoms with Crippen LogP contribution >= 0.6 is 0 Å². The van der Waals surface area contributed by atoms with Gasteiger partial charge in [0.15, 0.2) is 0 Å². The maximum absolute atomic E-state index is 13.3. The number of sulfonamides is 1. The van der Waals surface area contributed by atoms with Gasteiger partial charge in [0.05, 0.1) is 4.90 Å². The van der Waals surface area contributed by atoms with E-state index in [4.69, 9.17) is 0 Å². The molecule has 3 aromatic rings. The Morgan fingerprint density at radius 3 is 2.41 bits per heavy atom. The normalized spacial score (nSPS) is 11.0.